The summed E-state index contributed by atoms with van der Waals surface area (Å²) >= 11 is 0. The van der Waals surface area contributed by atoms with Crippen LogP contribution < -0.4 is 21.7 Å². The van der Waals surface area contributed by atoms with Gasteiger partial charge in [-0.2, -0.15) is 0 Å². The largest absolute Gasteiger partial charge is 0.507 e. The first kappa shape index (κ1) is 25.9. The number of nitrogens with one attached hydrogen (secondary N) is 1. The van der Waals surface area contributed by atoms with Gasteiger partial charge in [-0.1, -0.05) is 0 Å². The molecule has 0 aromatic heterocycles. The van der Waals surface area contributed by atoms with Crippen LogP contribution in [0, 0.1) is 23.7 Å². The van der Waals surface area contributed by atoms with Crippen molar-refractivity contribution in [3.63, 3.8) is 0 Å². The number of ketones is 4. The predicted molar refractivity (Wildman–Crippen MR) is 128 cm³/mol. The van der Waals surface area contributed by atoms with E-state index in [4.69, 9.17) is 11.5 Å². The number of anilines is 1. The summed E-state index contributed by atoms with van der Waals surface area (Å²) in [4.78, 5) is 66.4. The number of Topliss-reactive ketones (excluding diaryl/α,β-unsaturated/α-hetero) is 4. The van der Waals surface area contributed by atoms with E-state index in [-0.39, 0.29) is 43.2 Å². The molecule has 0 bridgehead atoms. The summed E-state index contributed by atoms with van der Waals surface area (Å²) in [5.74, 6) is -10.1. The quantitative estimate of drug-likeness (QED) is 0.297. The number of hydrogen-bond acceptors (Lipinski definition) is 10. The van der Waals surface area contributed by atoms with Gasteiger partial charge in [-0.15, -0.1) is 0 Å². The SMILES string of the molecule is CC(N)CNCc1cc(N(C)C)c2c(c1O)C(=O)C1C(=O)[C@]3(O)C(=O)C(C(N)=O)C(=O)C[C@@H]3C[C@@H]1C2. The Labute approximate surface area is 208 Å². The first-order valence-electron chi connectivity index (χ1n) is 12.0. The summed E-state index contributed by atoms with van der Waals surface area (Å²) < 4.78 is 0. The number of hydrogen-bond donors (Lipinski definition) is 5. The lowest BCUT2D eigenvalue weighted by Gasteiger charge is -2.48. The molecule has 2 saturated carbocycles. The predicted octanol–water partition coefficient (Wildman–Crippen LogP) is -1.17. The highest BCUT2D eigenvalue weighted by Gasteiger charge is 2.66. The molecule has 0 spiro atoms. The van der Waals surface area contributed by atoms with E-state index in [1.165, 1.54) is 0 Å². The zero-order valence-corrected chi connectivity index (χ0v) is 20.5. The number of primary amides is 1. The van der Waals surface area contributed by atoms with E-state index < -0.39 is 58.3 Å². The monoisotopic (exact) mass is 500 g/mol. The highest BCUT2D eigenvalue weighted by molar-refractivity contribution is 6.31. The molecule has 0 saturated heterocycles. The van der Waals surface area contributed by atoms with Crippen molar-refractivity contribution in [3.8, 4) is 5.75 Å². The highest BCUT2D eigenvalue weighted by atomic mass is 16.3. The number of rotatable bonds is 6. The fraction of sp³-hybridized carbons (Fsp3) is 0.560. The van der Waals surface area contributed by atoms with Crippen LogP contribution in [0.3, 0.4) is 0 Å². The Morgan fingerprint density at radius 2 is 1.89 bits per heavy atom. The molecule has 1 aromatic rings. The molecule has 4 rings (SSSR count). The lowest BCUT2D eigenvalue weighted by atomic mass is 9.53. The molecule has 11 heteroatoms. The van der Waals surface area contributed by atoms with Gasteiger partial charge in [-0.25, -0.2) is 0 Å². The van der Waals surface area contributed by atoms with E-state index in [2.05, 4.69) is 5.32 Å². The van der Waals surface area contributed by atoms with Crippen LogP contribution in [0.25, 0.3) is 0 Å². The average Bonchev–Trinajstić information content (AvgIpc) is 2.77. The average molecular weight is 501 g/mol. The molecule has 0 aliphatic heterocycles. The third-order valence-corrected chi connectivity index (χ3v) is 7.72. The molecular formula is C25H32N4O7. The van der Waals surface area contributed by atoms with E-state index in [0.717, 1.165) is 0 Å². The Hall–Kier alpha value is -3.15. The second-order valence-electron chi connectivity index (χ2n) is 10.5. The van der Waals surface area contributed by atoms with Gasteiger partial charge in [0, 0.05) is 56.8 Å². The van der Waals surface area contributed by atoms with Gasteiger partial charge in [0.05, 0.1) is 11.5 Å². The molecule has 36 heavy (non-hydrogen) atoms. The van der Waals surface area contributed by atoms with Gasteiger partial charge in [-0.05, 0) is 37.3 Å². The Kier molecular flexibility index (Phi) is 6.52. The standard InChI is InChI=1S/C25H32N4O7/c1-10(26)8-28-9-12-6-15(29(2)3)14-5-11-4-13-7-16(30)19(24(27)35)23(34)25(13,36)22(33)17(11)21(32)18(14)20(12)31/h6,10-11,13,17,19,28,31,36H,4-5,7-9,26H2,1-3H3,(H2,27,35)/t10?,11-,13+,17?,19?,25+/m1/s1. The minimum atomic E-state index is -2.65. The van der Waals surface area contributed by atoms with E-state index in [0.29, 0.717) is 23.4 Å². The number of nitrogens with zero attached hydrogens (tertiary/aromatic N) is 1. The maximum absolute atomic E-state index is 13.8. The number of amides is 1. The molecule has 0 radical (unpaired) electrons. The van der Waals surface area contributed by atoms with Crippen LogP contribution in [0.4, 0.5) is 5.69 Å². The van der Waals surface area contributed by atoms with Crippen LogP contribution in [-0.4, -0.2) is 71.5 Å². The summed E-state index contributed by atoms with van der Waals surface area (Å²) in [6.45, 7) is 2.52. The maximum Gasteiger partial charge on any atom is 0.235 e. The number of carbonyl (C=O) groups is 5. The lowest BCUT2D eigenvalue weighted by molar-refractivity contribution is -0.175. The third-order valence-electron chi connectivity index (χ3n) is 7.72. The van der Waals surface area contributed by atoms with Crippen molar-refractivity contribution in [2.24, 2.45) is 35.1 Å². The van der Waals surface area contributed by atoms with Gasteiger partial charge in [0.1, 0.15) is 5.75 Å². The van der Waals surface area contributed by atoms with Gasteiger partial charge in [0.25, 0.3) is 0 Å². The van der Waals surface area contributed by atoms with Gasteiger partial charge >= 0.3 is 0 Å². The number of phenolic OH excluding ortho intramolecular Hbond substituents is 1. The number of fused-ring (bicyclic) bond motifs is 3. The summed E-state index contributed by atoms with van der Waals surface area (Å²) in [5, 5.41) is 25.5. The van der Waals surface area contributed by atoms with Crippen molar-refractivity contribution in [3.05, 3.63) is 22.8 Å². The Balaban J connectivity index is 1.78. The van der Waals surface area contributed by atoms with Crippen molar-refractivity contribution in [2.75, 3.05) is 25.5 Å². The number of aromatic hydroxyl groups is 1. The van der Waals surface area contributed by atoms with Crippen LogP contribution in [-0.2, 0) is 32.1 Å². The van der Waals surface area contributed by atoms with Crippen LogP contribution >= 0.6 is 0 Å². The Morgan fingerprint density at radius 3 is 2.47 bits per heavy atom. The van der Waals surface area contributed by atoms with Crippen LogP contribution in [0.1, 0.15) is 41.3 Å². The second kappa shape index (κ2) is 9.06. The normalized spacial score (nSPS) is 30.4. The van der Waals surface area contributed by atoms with E-state index >= 15 is 0 Å². The van der Waals surface area contributed by atoms with Gasteiger partial charge in [0.2, 0.25) is 5.91 Å². The smallest absolute Gasteiger partial charge is 0.235 e. The minimum absolute atomic E-state index is 0.0127. The summed E-state index contributed by atoms with van der Waals surface area (Å²) in [6.07, 6.45) is -0.0610. The molecule has 1 amide bonds. The van der Waals surface area contributed by atoms with E-state index in [9.17, 15) is 34.2 Å². The van der Waals surface area contributed by atoms with Crippen LogP contribution in [0.2, 0.25) is 0 Å². The van der Waals surface area contributed by atoms with Gasteiger partial charge in [-0.3, -0.25) is 24.0 Å². The van der Waals surface area contributed by atoms with E-state index in [1.54, 1.807) is 20.2 Å². The minimum Gasteiger partial charge on any atom is -0.507 e. The van der Waals surface area contributed by atoms with Crippen molar-refractivity contribution in [1.82, 2.24) is 5.32 Å². The maximum atomic E-state index is 13.8. The molecule has 3 aliphatic carbocycles. The van der Waals surface area contributed by atoms with Crippen LogP contribution in [0.15, 0.2) is 6.07 Å². The van der Waals surface area contributed by atoms with Crippen molar-refractivity contribution < 1.29 is 34.2 Å². The van der Waals surface area contributed by atoms with Crippen molar-refractivity contribution in [1.29, 1.82) is 0 Å². The number of nitrogens with two attached hydrogens (primary N) is 2. The first-order chi connectivity index (χ1) is 16.8. The first-order valence-corrected chi connectivity index (χ1v) is 12.0. The van der Waals surface area contributed by atoms with Crippen molar-refractivity contribution >= 4 is 34.7 Å². The van der Waals surface area contributed by atoms with Crippen LogP contribution in [0.5, 0.6) is 5.75 Å². The topological polar surface area (TPSA) is 193 Å². The van der Waals surface area contributed by atoms with Gasteiger partial charge in [0.15, 0.2) is 34.7 Å². The molecule has 3 aliphatic rings. The molecular weight excluding hydrogens is 468 g/mol. The summed E-state index contributed by atoms with van der Waals surface area (Å²) in [5.41, 5.74) is 10.0. The zero-order valence-electron chi connectivity index (χ0n) is 20.5. The number of phenols is 1. The summed E-state index contributed by atoms with van der Waals surface area (Å²) in [6, 6.07) is 1.65. The number of aliphatic hydroxyl groups is 1. The fourth-order valence-corrected chi connectivity index (χ4v) is 6.04. The molecule has 11 nitrogen and oxygen atoms in total. The third kappa shape index (κ3) is 3.82. The molecule has 2 fully saturated rings. The highest BCUT2D eigenvalue weighted by Crippen LogP contribution is 2.51. The second-order valence-corrected chi connectivity index (χ2v) is 10.5. The van der Waals surface area contributed by atoms with E-state index in [1.807, 2.05) is 11.8 Å². The van der Waals surface area contributed by atoms with Gasteiger partial charge < -0.3 is 31.9 Å². The Morgan fingerprint density at radius 1 is 1.22 bits per heavy atom. The molecule has 7 N–H and O–H groups in total. The number of carbonyl (C=O) groups excluding carboxylic acids is 5. The number of benzene rings is 1. The van der Waals surface area contributed by atoms with Crippen molar-refractivity contribution in [2.45, 2.75) is 44.4 Å². The molecule has 0 heterocycles. The fourth-order valence-electron chi connectivity index (χ4n) is 6.04. The molecule has 1 aromatic carbocycles. The summed E-state index contributed by atoms with van der Waals surface area (Å²) in [7, 11) is 3.60. The molecule has 6 atom stereocenters. The zero-order chi connectivity index (χ0) is 26.7. The molecule has 3 unspecified atom stereocenters. The lowest BCUT2D eigenvalue weighted by Crippen LogP contribution is -2.68. The Bertz CT molecular complexity index is 1180. The molecule has 194 valence electrons.